The zero-order chi connectivity index (χ0) is 19.1. The van der Waals surface area contributed by atoms with Crippen molar-refractivity contribution in [3.05, 3.63) is 29.8 Å². The van der Waals surface area contributed by atoms with Crippen LogP contribution in [0.1, 0.15) is 25.3 Å². The molecular weight excluding hydrogens is 346 g/mol. The van der Waals surface area contributed by atoms with Crippen LogP contribution >= 0.6 is 0 Å². The van der Waals surface area contributed by atoms with Gasteiger partial charge in [-0.3, -0.25) is 9.59 Å². The van der Waals surface area contributed by atoms with Gasteiger partial charge in [0.25, 0.3) is 5.91 Å². The molecule has 0 radical (unpaired) electrons. The maximum Gasteiger partial charge on any atom is 0.258 e. The molecule has 0 aromatic heterocycles. The summed E-state index contributed by atoms with van der Waals surface area (Å²) in [5.74, 6) is 0.885. The summed E-state index contributed by atoms with van der Waals surface area (Å²) in [6.45, 7) is 5.38. The van der Waals surface area contributed by atoms with Gasteiger partial charge in [-0.05, 0) is 37.9 Å². The van der Waals surface area contributed by atoms with Gasteiger partial charge in [-0.1, -0.05) is 25.1 Å². The lowest BCUT2D eigenvalue weighted by molar-refractivity contribution is -0.127. The Hall–Kier alpha value is -2.12. The first-order chi connectivity index (χ1) is 13.1. The first-order valence-electron chi connectivity index (χ1n) is 9.71. The van der Waals surface area contributed by atoms with Gasteiger partial charge in [0.1, 0.15) is 5.75 Å². The van der Waals surface area contributed by atoms with Crippen molar-refractivity contribution in [3.63, 3.8) is 0 Å². The van der Waals surface area contributed by atoms with E-state index in [0.29, 0.717) is 24.8 Å². The summed E-state index contributed by atoms with van der Waals surface area (Å²) in [4.78, 5) is 24.3. The van der Waals surface area contributed by atoms with E-state index in [1.54, 1.807) is 0 Å². The van der Waals surface area contributed by atoms with Crippen LogP contribution in [0.2, 0.25) is 0 Å². The number of hydrogen-bond acceptors (Lipinski definition) is 5. The summed E-state index contributed by atoms with van der Waals surface area (Å²) < 4.78 is 11.2. The highest BCUT2D eigenvalue weighted by molar-refractivity contribution is 5.79. The minimum atomic E-state index is -0.171. The molecule has 2 heterocycles. The smallest absolute Gasteiger partial charge is 0.258 e. The van der Waals surface area contributed by atoms with Gasteiger partial charge in [0.05, 0.1) is 6.10 Å². The Morgan fingerprint density at radius 1 is 1.30 bits per heavy atom. The molecule has 2 aliphatic rings. The van der Waals surface area contributed by atoms with Crippen LogP contribution in [0, 0.1) is 11.8 Å². The second kappa shape index (κ2) is 9.71. The Balaban J connectivity index is 1.43. The third-order valence-electron chi connectivity index (χ3n) is 5.27. The molecule has 27 heavy (non-hydrogen) atoms. The van der Waals surface area contributed by atoms with Crippen molar-refractivity contribution in [2.45, 2.75) is 32.4 Å². The molecule has 1 aromatic carbocycles. The normalized spacial score (nSPS) is 20.6. The fourth-order valence-corrected chi connectivity index (χ4v) is 3.24. The number of amides is 2. The Labute approximate surface area is 160 Å². The Kier molecular flexibility index (Phi) is 7.06. The van der Waals surface area contributed by atoms with Crippen LogP contribution in [-0.4, -0.2) is 50.8 Å². The van der Waals surface area contributed by atoms with Crippen molar-refractivity contribution in [3.8, 4) is 5.75 Å². The minimum absolute atomic E-state index is 0.0112. The summed E-state index contributed by atoms with van der Waals surface area (Å²) in [5.41, 5.74) is 0.858. The number of carbonyl (C=O) groups is 2. The quantitative estimate of drug-likeness (QED) is 0.595. The topological polar surface area (TPSA) is 88.7 Å². The summed E-state index contributed by atoms with van der Waals surface area (Å²) in [5, 5.41) is 9.00. The first-order valence-corrected chi connectivity index (χ1v) is 9.71. The molecule has 7 heteroatoms. The maximum absolute atomic E-state index is 12.3. The lowest BCUT2D eigenvalue weighted by Gasteiger charge is -2.31. The minimum Gasteiger partial charge on any atom is -0.483 e. The van der Waals surface area contributed by atoms with Gasteiger partial charge in [-0.2, -0.15) is 0 Å². The fraction of sp³-hybridized carbons (Fsp3) is 0.600. The largest absolute Gasteiger partial charge is 0.483 e. The van der Waals surface area contributed by atoms with Crippen LogP contribution in [0.15, 0.2) is 24.3 Å². The van der Waals surface area contributed by atoms with Gasteiger partial charge in [0, 0.05) is 31.2 Å². The standard InChI is InChI=1S/C20H29N3O4/c1-14(16-9-21-10-16)20(25)23-11-15-5-2-3-7-18(15)27-13-19(24)22-12-17-6-4-8-26-17/h2-3,5,7,14,16-17,21H,4,6,8-13H2,1H3,(H,22,24)(H,23,25). The van der Waals surface area contributed by atoms with Crippen molar-refractivity contribution in [2.24, 2.45) is 11.8 Å². The molecule has 148 valence electrons. The van der Waals surface area contributed by atoms with Crippen LogP contribution in [0.3, 0.4) is 0 Å². The molecule has 2 saturated heterocycles. The zero-order valence-corrected chi connectivity index (χ0v) is 15.8. The van der Waals surface area contributed by atoms with Gasteiger partial charge in [-0.25, -0.2) is 0 Å². The predicted octanol–water partition coefficient (Wildman–Crippen LogP) is 0.832. The summed E-state index contributed by atoms with van der Waals surface area (Å²) >= 11 is 0. The molecule has 2 aliphatic heterocycles. The first kappa shape index (κ1) is 19.6. The number of carbonyl (C=O) groups excluding carboxylic acids is 2. The molecule has 2 fully saturated rings. The van der Waals surface area contributed by atoms with Gasteiger partial charge in [-0.15, -0.1) is 0 Å². The van der Waals surface area contributed by atoms with Gasteiger partial charge < -0.3 is 25.4 Å². The molecule has 3 N–H and O–H groups in total. The molecule has 0 aliphatic carbocycles. The number of benzene rings is 1. The molecule has 2 unspecified atom stereocenters. The number of nitrogens with one attached hydrogen (secondary N) is 3. The molecule has 2 atom stereocenters. The fourth-order valence-electron chi connectivity index (χ4n) is 3.24. The molecule has 0 spiro atoms. The maximum atomic E-state index is 12.3. The number of hydrogen-bond donors (Lipinski definition) is 3. The van der Waals surface area contributed by atoms with E-state index < -0.39 is 0 Å². The van der Waals surface area contributed by atoms with Crippen LogP contribution in [0.25, 0.3) is 0 Å². The van der Waals surface area contributed by atoms with E-state index in [9.17, 15) is 9.59 Å². The SMILES string of the molecule is CC(C(=O)NCc1ccccc1OCC(=O)NCC1CCCO1)C1CNC1. The van der Waals surface area contributed by atoms with Crippen LogP contribution in [0.5, 0.6) is 5.75 Å². The van der Waals surface area contributed by atoms with Crippen molar-refractivity contribution >= 4 is 11.8 Å². The van der Waals surface area contributed by atoms with Crippen molar-refractivity contribution in [1.82, 2.24) is 16.0 Å². The Morgan fingerprint density at radius 3 is 2.81 bits per heavy atom. The number of ether oxygens (including phenoxy) is 2. The molecule has 1 aromatic rings. The average Bonchev–Trinajstić information content (AvgIpc) is 3.15. The van der Waals surface area contributed by atoms with Gasteiger partial charge in [0.15, 0.2) is 6.61 Å². The van der Waals surface area contributed by atoms with E-state index in [0.717, 1.165) is 38.1 Å². The van der Waals surface area contributed by atoms with Gasteiger partial charge >= 0.3 is 0 Å². The summed E-state index contributed by atoms with van der Waals surface area (Å²) in [6.07, 6.45) is 2.15. The van der Waals surface area contributed by atoms with Crippen molar-refractivity contribution in [1.29, 1.82) is 0 Å². The number of para-hydroxylation sites is 1. The Morgan fingerprint density at radius 2 is 2.11 bits per heavy atom. The van der Waals surface area contributed by atoms with E-state index in [4.69, 9.17) is 9.47 Å². The average molecular weight is 375 g/mol. The Bertz CT molecular complexity index is 642. The second-order valence-electron chi connectivity index (χ2n) is 7.26. The van der Waals surface area contributed by atoms with Gasteiger partial charge in [0.2, 0.25) is 5.91 Å². The monoisotopic (exact) mass is 375 g/mol. The predicted molar refractivity (Wildman–Crippen MR) is 101 cm³/mol. The number of rotatable bonds is 9. The summed E-state index contributed by atoms with van der Waals surface area (Å²) in [7, 11) is 0. The van der Waals surface area contributed by atoms with E-state index in [1.165, 1.54) is 0 Å². The van der Waals surface area contributed by atoms with E-state index in [-0.39, 0.29) is 30.4 Å². The molecule has 3 rings (SSSR count). The van der Waals surface area contributed by atoms with Crippen LogP contribution in [0.4, 0.5) is 0 Å². The molecule has 7 nitrogen and oxygen atoms in total. The molecule has 0 bridgehead atoms. The third-order valence-corrected chi connectivity index (χ3v) is 5.27. The highest BCUT2D eigenvalue weighted by atomic mass is 16.5. The van der Waals surface area contributed by atoms with E-state index in [1.807, 2.05) is 31.2 Å². The lowest BCUT2D eigenvalue weighted by Crippen LogP contribution is -2.49. The summed E-state index contributed by atoms with van der Waals surface area (Å²) in [6, 6.07) is 7.46. The van der Waals surface area contributed by atoms with E-state index >= 15 is 0 Å². The van der Waals surface area contributed by atoms with E-state index in [2.05, 4.69) is 16.0 Å². The zero-order valence-electron chi connectivity index (χ0n) is 15.8. The lowest BCUT2D eigenvalue weighted by atomic mass is 9.88. The molecule has 2 amide bonds. The van der Waals surface area contributed by atoms with Crippen molar-refractivity contribution < 1.29 is 19.1 Å². The van der Waals surface area contributed by atoms with Crippen LogP contribution < -0.4 is 20.7 Å². The molecule has 0 saturated carbocycles. The highest BCUT2D eigenvalue weighted by Crippen LogP contribution is 2.19. The highest BCUT2D eigenvalue weighted by Gasteiger charge is 2.28. The molecular formula is C20H29N3O4. The van der Waals surface area contributed by atoms with Crippen LogP contribution in [-0.2, 0) is 20.9 Å². The third kappa shape index (κ3) is 5.68. The van der Waals surface area contributed by atoms with Crippen molar-refractivity contribution in [2.75, 3.05) is 32.8 Å². The second-order valence-corrected chi connectivity index (χ2v) is 7.26.